The van der Waals surface area contributed by atoms with Crippen molar-refractivity contribution in [1.29, 1.82) is 0 Å². The zero-order chi connectivity index (χ0) is 17.3. The van der Waals surface area contributed by atoms with E-state index in [1.807, 2.05) is 30.3 Å². The molecule has 0 radical (unpaired) electrons. The summed E-state index contributed by atoms with van der Waals surface area (Å²) in [5, 5.41) is 0. The molecule has 0 aromatic heterocycles. The summed E-state index contributed by atoms with van der Waals surface area (Å²) in [6.45, 7) is 2.82. The van der Waals surface area contributed by atoms with Gasteiger partial charge in [-0.2, -0.15) is 0 Å². The van der Waals surface area contributed by atoms with Crippen molar-refractivity contribution >= 4 is 21.9 Å². The van der Waals surface area contributed by atoms with E-state index in [1.54, 1.807) is 7.11 Å². The monoisotopic (exact) mass is 394 g/mol. The fourth-order valence-corrected chi connectivity index (χ4v) is 4.40. The third-order valence-electron chi connectivity index (χ3n) is 5.22. The highest BCUT2D eigenvalue weighted by atomic mass is 79.9. The SMILES string of the molecule is COC(=O)[C@@]1(/C=C/[C@@H](C)[C@H](OC)c2ccccc2Br)[C@@H]2OCC[C@@H]21. The summed E-state index contributed by atoms with van der Waals surface area (Å²) in [5.74, 6) is 0.157. The van der Waals surface area contributed by atoms with Crippen LogP contribution in [0.5, 0.6) is 0 Å². The summed E-state index contributed by atoms with van der Waals surface area (Å²) in [6.07, 6.45) is 4.84. The van der Waals surface area contributed by atoms with Gasteiger partial charge in [0.25, 0.3) is 0 Å². The molecule has 1 saturated heterocycles. The summed E-state index contributed by atoms with van der Waals surface area (Å²) in [5.41, 5.74) is 0.490. The molecule has 1 aliphatic heterocycles. The van der Waals surface area contributed by atoms with Crippen molar-refractivity contribution in [3.05, 3.63) is 46.5 Å². The van der Waals surface area contributed by atoms with Crippen LogP contribution in [-0.2, 0) is 19.0 Å². The van der Waals surface area contributed by atoms with E-state index >= 15 is 0 Å². The number of hydrogen-bond donors (Lipinski definition) is 0. The predicted octanol–water partition coefficient (Wildman–Crippen LogP) is 3.91. The zero-order valence-corrected chi connectivity index (χ0v) is 15.8. The van der Waals surface area contributed by atoms with E-state index in [9.17, 15) is 4.79 Å². The Kier molecular flexibility index (Phi) is 5.13. The summed E-state index contributed by atoms with van der Waals surface area (Å²) < 4.78 is 17.5. The van der Waals surface area contributed by atoms with Crippen LogP contribution in [0.15, 0.2) is 40.9 Å². The molecule has 0 unspecified atom stereocenters. The van der Waals surface area contributed by atoms with Gasteiger partial charge in [0.2, 0.25) is 0 Å². The van der Waals surface area contributed by atoms with Crippen LogP contribution in [0.25, 0.3) is 0 Å². The Balaban J connectivity index is 1.80. The van der Waals surface area contributed by atoms with Crippen LogP contribution in [-0.4, -0.2) is 32.9 Å². The van der Waals surface area contributed by atoms with Crippen molar-refractivity contribution in [2.75, 3.05) is 20.8 Å². The second kappa shape index (κ2) is 6.98. The molecular weight excluding hydrogens is 372 g/mol. The minimum absolute atomic E-state index is 0.0298. The topological polar surface area (TPSA) is 44.8 Å². The van der Waals surface area contributed by atoms with Crippen molar-refractivity contribution in [2.24, 2.45) is 17.3 Å². The predicted molar refractivity (Wildman–Crippen MR) is 94.5 cm³/mol. The van der Waals surface area contributed by atoms with Gasteiger partial charge < -0.3 is 14.2 Å². The number of rotatable bonds is 6. The summed E-state index contributed by atoms with van der Waals surface area (Å²) >= 11 is 3.58. The van der Waals surface area contributed by atoms with Gasteiger partial charge in [-0.25, -0.2) is 0 Å². The Morgan fingerprint density at radius 1 is 1.42 bits per heavy atom. The van der Waals surface area contributed by atoms with Gasteiger partial charge in [-0.05, 0) is 18.1 Å². The van der Waals surface area contributed by atoms with Gasteiger partial charge in [0.1, 0.15) is 5.41 Å². The van der Waals surface area contributed by atoms with E-state index in [0.29, 0.717) is 0 Å². The number of halogens is 1. The fourth-order valence-electron chi connectivity index (χ4n) is 3.89. The molecule has 1 heterocycles. The molecule has 3 rings (SSSR count). The third-order valence-corrected chi connectivity index (χ3v) is 5.95. The number of fused-ring (bicyclic) bond motifs is 1. The Morgan fingerprint density at radius 2 is 2.17 bits per heavy atom. The molecule has 1 aliphatic carbocycles. The van der Waals surface area contributed by atoms with E-state index in [4.69, 9.17) is 14.2 Å². The second-order valence-electron chi connectivity index (χ2n) is 6.51. The number of benzene rings is 1. The van der Waals surface area contributed by atoms with Crippen molar-refractivity contribution in [3.63, 3.8) is 0 Å². The molecule has 1 aromatic carbocycles. The average Bonchev–Trinajstić information content (AvgIpc) is 2.94. The minimum Gasteiger partial charge on any atom is -0.468 e. The average molecular weight is 395 g/mol. The molecule has 0 spiro atoms. The molecule has 130 valence electrons. The molecule has 5 atom stereocenters. The normalized spacial score (nSPS) is 30.8. The number of ether oxygens (including phenoxy) is 3. The van der Waals surface area contributed by atoms with E-state index in [1.165, 1.54) is 7.11 Å². The molecule has 2 fully saturated rings. The molecule has 5 heteroatoms. The van der Waals surface area contributed by atoms with Crippen molar-refractivity contribution < 1.29 is 19.0 Å². The summed E-state index contributed by atoms with van der Waals surface area (Å²) in [6, 6.07) is 8.04. The molecule has 1 aromatic rings. The molecule has 2 aliphatic rings. The minimum atomic E-state index is -0.604. The first-order chi connectivity index (χ1) is 11.6. The molecule has 0 amide bonds. The van der Waals surface area contributed by atoms with E-state index < -0.39 is 5.41 Å². The number of carbonyl (C=O) groups is 1. The number of methoxy groups -OCH3 is 2. The molecule has 4 nitrogen and oxygen atoms in total. The Morgan fingerprint density at radius 3 is 2.75 bits per heavy atom. The maximum atomic E-state index is 12.3. The fraction of sp³-hybridized carbons (Fsp3) is 0.526. The quantitative estimate of drug-likeness (QED) is 0.541. The van der Waals surface area contributed by atoms with Crippen molar-refractivity contribution in [3.8, 4) is 0 Å². The Labute approximate surface area is 151 Å². The van der Waals surface area contributed by atoms with Gasteiger partial charge in [0, 0.05) is 30.0 Å². The van der Waals surface area contributed by atoms with Crippen LogP contribution in [0.3, 0.4) is 0 Å². The first-order valence-corrected chi connectivity index (χ1v) is 9.02. The largest absolute Gasteiger partial charge is 0.468 e. The standard InChI is InChI=1S/C19H23BrO4/c1-12(16(22-2)13-6-4-5-7-15(13)20)8-10-19(18(21)23-3)14-9-11-24-17(14)19/h4-8,10,12,14,16-17H,9,11H2,1-3H3/b10-8+/t12-,14+,16+,17-,19-/m1/s1. The Hall–Kier alpha value is -1.17. The van der Waals surface area contributed by atoms with Crippen LogP contribution >= 0.6 is 15.9 Å². The molecule has 0 N–H and O–H groups in total. The lowest BCUT2D eigenvalue weighted by Gasteiger charge is -2.22. The molecule has 1 saturated carbocycles. The second-order valence-corrected chi connectivity index (χ2v) is 7.36. The van der Waals surface area contributed by atoms with Crippen molar-refractivity contribution in [2.45, 2.75) is 25.6 Å². The first kappa shape index (κ1) is 17.6. The highest BCUT2D eigenvalue weighted by molar-refractivity contribution is 9.10. The van der Waals surface area contributed by atoms with Crippen LogP contribution in [0.2, 0.25) is 0 Å². The highest BCUT2D eigenvalue weighted by Crippen LogP contribution is 2.62. The molecular formula is C19H23BrO4. The maximum absolute atomic E-state index is 12.3. The van der Waals surface area contributed by atoms with Gasteiger partial charge in [0.05, 0.1) is 19.3 Å². The van der Waals surface area contributed by atoms with E-state index in [2.05, 4.69) is 28.9 Å². The summed E-state index contributed by atoms with van der Waals surface area (Å²) in [4.78, 5) is 12.3. The zero-order valence-electron chi connectivity index (χ0n) is 14.2. The van der Waals surface area contributed by atoms with Gasteiger partial charge >= 0.3 is 5.97 Å². The van der Waals surface area contributed by atoms with Gasteiger partial charge in [0.15, 0.2) is 0 Å². The van der Waals surface area contributed by atoms with Crippen LogP contribution in [0.4, 0.5) is 0 Å². The lowest BCUT2D eigenvalue weighted by molar-refractivity contribution is -0.147. The highest BCUT2D eigenvalue weighted by Gasteiger charge is 2.72. The van der Waals surface area contributed by atoms with Crippen molar-refractivity contribution in [1.82, 2.24) is 0 Å². The Bertz CT molecular complexity index is 632. The third kappa shape index (κ3) is 2.83. The smallest absolute Gasteiger partial charge is 0.318 e. The lowest BCUT2D eigenvalue weighted by atomic mass is 9.93. The summed E-state index contributed by atoms with van der Waals surface area (Å²) in [7, 11) is 3.15. The number of carbonyl (C=O) groups excluding carboxylic acids is 1. The number of hydrogen-bond acceptors (Lipinski definition) is 4. The van der Waals surface area contributed by atoms with E-state index in [0.717, 1.165) is 23.1 Å². The maximum Gasteiger partial charge on any atom is 0.318 e. The number of esters is 1. The van der Waals surface area contributed by atoms with Gasteiger partial charge in [-0.15, -0.1) is 0 Å². The molecule has 24 heavy (non-hydrogen) atoms. The first-order valence-electron chi connectivity index (χ1n) is 8.22. The molecule has 0 bridgehead atoms. The van der Waals surface area contributed by atoms with E-state index in [-0.39, 0.29) is 30.0 Å². The van der Waals surface area contributed by atoms with Crippen LogP contribution in [0.1, 0.15) is 25.0 Å². The van der Waals surface area contributed by atoms with Gasteiger partial charge in [-0.1, -0.05) is 53.2 Å². The van der Waals surface area contributed by atoms with Gasteiger partial charge in [-0.3, -0.25) is 4.79 Å². The van der Waals surface area contributed by atoms with Crippen LogP contribution < -0.4 is 0 Å². The lowest BCUT2D eigenvalue weighted by Crippen LogP contribution is -2.24. The van der Waals surface area contributed by atoms with Crippen LogP contribution in [0, 0.1) is 17.3 Å².